The van der Waals surface area contributed by atoms with Crippen LogP contribution in [0, 0.1) is 11.3 Å². The van der Waals surface area contributed by atoms with Gasteiger partial charge in [0.15, 0.2) is 0 Å². The van der Waals surface area contributed by atoms with Gasteiger partial charge in [-0.25, -0.2) is 0 Å². The Balaban J connectivity index is 2.97. The lowest BCUT2D eigenvalue weighted by molar-refractivity contribution is -0.155. The summed E-state index contributed by atoms with van der Waals surface area (Å²) in [6.07, 6.45) is 2.13. The molecule has 0 heterocycles. The lowest BCUT2D eigenvalue weighted by Gasteiger charge is -2.30. The van der Waals surface area contributed by atoms with E-state index in [0.717, 1.165) is 18.4 Å². The van der Waals surface area contributed by atoms with E-state index in [0.29, 0.717) is 6.42 Å². The number of aliphatic hydroxyl groups is 1. The molecular formula is C20H30O4. The van der Waals surface area contributed by atoms with Crippen LogP contribution in [0.2, 0.25) is 0 Å². The maximum Gasteiger partial charge on any atom is 0.311 e. The van der Waals surface area contributed by atoms with E-state index in [2.05, 4.69) is 0 Å². The van der Waals surface area contributed by atoms with Crippen LogP contribution in [0.4, 0.5) is 0 Å². The number of hydrogen-bond donors (Lipinski definition) is 1. The van der Waals surface area contributed by atoms with Crippen LogP contribution < -0.4 is 0 Å². The predicted octanol–water partition coefficient (Wildman–Crippen LogP) is 3.73. The molecule has 0 aromatic heterocycles. The Hall–Kier alpha value is -1.68. The van der Waals surface area contributed by atoms with E-state index in [9.17, 15) is 9.59 Å². The number of carbonyl (C=O) groups excluding carboxylic acids is 2. The highest BCUT2D eigenvalue weighted by Crippen LogP contribution is 2.37. The number of ketones is 1. The summed E-state index contributed by atoms with van der Waals surface area (Å²) in [6, 6.07) is 10.0. The molecule has 4 nitrogen and oxygen atoms in total. The molecule has 1 aromatic carbocycles. The van der Waals surface area contributed by atoms with Crippen LogP contribution in [0.3, 0.4) is 0 Å². The van der Waals surface area contributed by atoms with Gasteiger partial charge in [-0.1, -0.05) is 37.3 Å². The molecule has 0 saturated carbocycles. The molecule has 0 aliphatic rings. The molecule has 0 bridgehead atoms. The molecule has 1 rings (SSSR count). The quantitative estimate of drug-likeness (QED) is 0.662. The maximum atomic E-state index is 12.3. The highest BCUT2D eigenvalue weighted by molar-refractivity contribution is 5.78. The third-order valence-corrected chi connectivity index (χ3v) is 4.54. The number of esters is 1. The Morgan fingerprint density at radius 3 is 2.33 bits per heavy atom. The molecule has 0 aliphatic carbocycles. The van der Waals surface area contributed by atoms with E-state index in [-0.39, 0.29) is 36.8 Å². The van der Waals surface area contributed by atoms with Crippen LogP contribution in [-0.2, 0) is 14.3 Å². The van der Waals surface area contributed by atoms with Gasteiger partial charge in [0.25, 0.3) is 0 Å². The molecule has 0 saturated heterocycles. The first-order valence-electron chi connectivity index (χ1n) is 8.65. The minimum absolute atomic E-state index is 0.000492. The predicted molar refractivity (Wildman–Crippen MR) is 94.7 cm³/mol. The third kappa shape index (κ3) is 6.08. The Bertz CT molecular complexity index is 522. The lowest BCUT2D eigenvalue weighted by Crippen LogP contribution is -2.30. The number of aliphatic hydroxyl groups excluding tert-OH is 1. The normalized spacial score (nSPS) is 14.0. The topological polar surface area (TPSA) is 63.6 Å². The monoisotopic (exact) mass is 334 g/mol. The van der Waals surface area contributed by atoms with Crippen molar-refractivity contribution < 1.29 is 19.4 Å². The van der Waals surface area contributed by atoms with Gasteiger partial charge in [0.05, 0.1) is 12.0 Å². The van der Waals surface area contributed by atoms with Crippen molar-refractivity contribution in [1.29, 1.82) is 0 Å². The number of benzene rings is 1. The van der Waals surface area contributed by atoms with E-state index >= 15 is 0 Å². The molecule has 0 fully saturated rings. The Morgan fingerprint density at radius 2 is 1.83 bits per heavy atom. The number of ether oxygens (including phenoxy) is 1. The highest BCUT2D eigenvalue weighted by atomic mass is 16.5. The average Bonchev–Trinajstić information content (AvgIpc) is 2.56. The van der Waals surface area contributed by atoms with Crippen molar-refractivity contribution in [2.24, 2.45) is 11.3 Å². The first-order chi connectivity index (χ1) is 11.3. The minimum Gasteiger partial charge on any atom is -0.463 e. The standard InChI is InChI=1S/C20H30O4/c1-5-16(15(2)22)13-18(17-9-7-6-8-10-17)14-20(3,4)19(23)24-12-11-21/h6-10,16,18,21H,5,11-14H2,1-4H3. The van der Waals surface area contributed by atoms with Crippen molar-refractivity contribution in [3.63, 3.8) is 0 Å². The van der Waals surface area contributed by atoms with Gasteiger partial charge in [-0.3, -0.25) is 9.59 Å². The van der Waals surface area contributed by atoms with E-state index < -0.39 is 5.41 Å². The number of hydrogen-bond acceptors (Lipinski definition) is 4. The molecule has 134 valence electrons. The van der Waals surface area contributed by atoms with Gasteiger partial charge < -0.3 is 9.84 Å². The van der Waals surface area contributed by atoms with E-state index in [1.54, 1.807) is 6.92 Å². The molecule has 1 aromatic rings. The molecule has 0 aliphatic heterocycles. The van der Waals surface area contributed by atoms with Crippen LogP contribution in [0.25, 0.3) is 0 Å². The summed E-state index contributed by atoms with van der Waals surface area (Å²) in [5.74, 6) is -0.0105. The fourth-order valence-corrected chi connectivity index (χ4v) is 3.06. The summed E-state index contributed by atoms with van der Waals surface area (Å²) in [7, 11) is 0. The van der Waals surface area contributed by atoms with E-state index in [1.165, 1.54) is 0 Å². The summed E-state index contributed by atoms with van der Waals surface area (Å²) in [6.45, 7) is 7.22. The molecule has 1 N–H and O–H groups in total. The summed E-state index contributed by atoms with van der Waals surface area (Å²) in [4.78, 5) is 24.1. The van der Waals surface area contributed by atoms with Crippen molar-refractivity contribution in [3.05, 3.63) is 35.9 Å². The molecular weight excluding hydrogens is 304 g/mol. The van der Waals surface area contributed by atoms with Crippen LogP contribution in [0.15, 0.2) is 30.3 Å². The summed E-state index contributed by atoms with van der Waals surface area (Å²) in [5, 5.41) is 8.84. The zero-order valence-corrected chi connectivity index (χ0v) is 15.2. The van der Waals surface area contributed by atoms with Crippen molar-refractivity contribution in [3.8, 4) is 0 Å². The fourth-order valence-electron chi connectivity index (χ4n) is 3.06. The second kappa shape index (κ2) is 9.58. The zero-order valence-electron chi connectivity index (χ0n) is 15.2. The Morgan fingerprint density at radius 1 is 1.21 bits per heavy atom. The Labute approximate surface area is 145 Å². The molecule has 2 unspecified atom stereocenters. The third-order valence-electron chi connectivity index (χ3n) is 4.54. The van der Waals surface area contributed by atoms with Crippen LogP contribution in [-0.4, -0.2) is 30.1 Å². The second-order valence-corrected chi connectivity index (χ2v) is 7.01. The van der Waals surface area contributed by atoms with Gasteiger partial charge in [-0.15, -0.1) is 0 Å². The number of carbonyl (C=O) groups is 2. The summed E-state index contributed by atoms with van der Waals surface area (Å²) < 4.78 is 5.12. The fraction of sp³-hybridized carbons (Fsp3) is 0.600. The minimum atomic E-state index is -0.676. The second-order valence-electron chi connectivity index (χ2n) is 7.01. The van der Waals surface area contributed by atoms with Gasteiger partial charge >= 0.3 is 5.97 Å². The maximum absolute atomic E-state index is 12.3. The molecule has 24 heavy (non-hydrogen) atoms. The zero-order chi connectivity index (χ0) is 18.2. The highest BCUT2D eigenvalue weighted by Gasteiger charge is 2.34. The smallest absolute Gasteiger partial charge is 0.311 e. The average molecular weight is 334 g/mol. The summed E-state index contributed by atoms with van der Waals surface area (Å²) >= 11 is 0. The van der Waals surface area contributed by atoms with Crippen molar-refractivity contribution in [1.82, 2.24) is 0 Å². The van der Waals surface area contributed by atoms with Crippen molar-refractivity contribution in [2.75, 3.05) is 13.2 Å². The first-order valence-corrected chi connectivity index (χ1v) is 8.65. The SMILES string of the molecule is CCC(CC(CC(C)(C)C(=O)OCCO)c1ccccc1)C(C)=O. The Kier molecular flexibility index (Phi) is 8.13. The molecule has 0 spiro atoms. The molecule has 4 heteroatoms. The van der Waals surface area contributed by atoms with E-state index in [1.807, 2.05) is 51.1 Å². The van der Waals surface area contributed by atoms with Crippen molar-refractivity contribution in [2.45, 2.75) is 52.9 Å². The first kappa shape index (κ1) is 20.4. The number of rotatable bonds is 10. The molecule has 0 amide bonds. The van der Waals surface area contributed by atoms with Crippen LogP contribution >= 0.6 is 0 Å². The van der Waals surface area contributed by atoms with Gasteiger partial charge in [0.1, 0.15) is 12.4 Å². The van der Waals surface area contributed by atoms with Crippen LogP contribution in [0.1, 0.15) is 58.4 Å². The largest absolute Gasteiger partial charge is 0.463 e. The van der Waals surface area contributed by atoms with E-state index in [4.69, 9.17) is 9.84 Å². The summed E-state index contributed by atoms with van der Waals surface area (Å²) in [5.41, 5.74) is 0.463. The van der Waals surface area contributed by atoms with Gasteiger partial charge in [-0.2, -0.15) is 0 Å². The lowest BCUT2D eigenvalue weighted by atomic mass is 9.75. The molecule has 0 radical (unpaired) electrons. The van der Waals surface area contributed by atoms with Gasteiger partial charge in [0.2, 0.25) is 0 Å². The van der Waals surface area contributed by atoms with Crippen LogP contribution in [0.5, 0.6) is 0 Å². The van der Waals surface area contributed by atoms with Gasteiger partial charge in [-0.05, 0) is 51.5 Å². The van der Waals surface area contributed by atoms with Gasteiger partial charge in [0, 0.05) is 5.92 Å². The molecule has 2 atom stereocenters. The number of Topliss-reactive ketones (excluding diaryl/α,β-unsaturated/α-hetero) is 1. The van der Waals surface area contributed by atoms with Crippen molar-refractivity contribution >= 4 is 11.8 Å².